The lowest BCUT2D eigenvalue weighted by atomic mass is 10.0. The first kappa shape index (κ1) is 14.6. The standard InChI is InChI=1S/C16H22N4/c1-3-4-5-6-7-8-14-9-11-15(12-10-14)16-19-17-13(2)18-20-16/h9-12H,3-8H2,1-2H3. The minimum Gasteiger partial charge on any atom is -0.131 e. The molecule has 0 saturated carbocycles. The molecule has 0 unspecified atom stereocenters. The Bertz CT molecular complexity index is 505. The topological polar surface area (TPSA) is 51.6 Å². The second-order valence-electron chi connectivity index (χ2n) is 5.13. The van der Waals surface area contributed by atoms with Crippen LogP contribution in [-0.2, 0) is 6.42 Å². The lowest BCUT2D eigenvalue weighted by Gasteiger charge is -2.03. The van der Waals surface area contributed by atoms with Gasteiger partial charge in [-0.15, -0.1) is 20.4 Å². The lowest BCUT2D eigenvalue weighted by Crippen LogP contribution is -1.98. The van der Waals surface area contributed by atoms with Crippen molar-refractivity contribution in [3.05, 3.63) is 35.7 Å². The van der Waals surface area contributed by atoms with Crippen molar-refractivity contribution >= 4 is 0 Å². The van der Waals surface area contributed by atoms with Crippen molar-refractivity contribution in [2.24, 2.45) is 0 Å². The molecule has 0 aliphatic carbocycles. The molecule has 106 valence electrons. The third-order valence-electron chi connectivity index (χ3n) is 3.36. The van der Waals surface area contributed by atoms with Gasteiger partial charge in [0.15, 0.2) is 5.82 Å². The average molecular weight is 270 g/mol. The van der Waals surface area contributed by atoms with E-state index in [1.54, 1.807) is 6.92 Å². The zero-order valence-electron chi connectivity index (χ0n) is 12.3. The molecule has 4 heteroatoms. The molecule has 0 saturated heterocycles. The molecule has 20 heavy (non-hydrogen) atoms. The van der Waals surface area contributed by atoms with E-state index < -0.39 is 0 Å². The lowest BCUT2D eigenvalue weighted by molar-refractivity contribution is 0.632. The zero-order chi connectivity index (χ0) is 14.2. The summed E-state index contributed by atoms with van der Waals surface area (Å²) in [6, 6.07) is 8.40. The summed E-state index contributed by atoms with van der Waals surface area (Å²) in [6.07, 6.45) is 7.74. The van der Waals surface area contributed by atoms with E-state index in [2.05, 4.69) is 51.6 Å². The van der Waals surface area contributed by atoms with Crippen LogP contribution in [0.3, 0.4) is 0 Å². The van der Waals surface area contributed by atoms with Gasteiger partial charge in [0.2, 0.25) is 5.82 Å². The van der Waals surface area contributed by atoms with Crippen LogP contribution in [0.2, 0.25) is 0 Å². The molecule has 1 aromatic carbocycles. The van der Waals surface area contributed by atoms with Crippen molar-refractivity contribution in [3.63, 3.8) is 0 Å². The van der Waals surface area contributed by atoms with Crippen molar-refractivity contribution in [3.8, 4) is 11.4 Å². The molecule has 0 aliphatic rings. The summed E-state index contributed by atoms with van der Waals surface area (Å²) in [6.45, 7) is 4.03. The van der Waals surface area contributed by atoms with Crippen molar-refractivity contribution < 1.29 is 0 Å². The molecule has 0 N–H and O–H groups in total. The summed E-state index contributed by atoms with van der Waals surface area (Å²) in [5.74, 6) is 1.18. The van der Waals surface area contributed by atoms with Crippen LogP contribution < -0.4 is 0 Å². The Morgan fingerprint density at radius 3 is 2.10 bits per heavy atom. The second-order valence-corrected chi connectivity index (χ2v) is 5.13. The molecular formula is C16H22N4. The molecule has 0 aliphatic heterocycles. The van der Waals surface area contributed by atoms with Gasteiger partial charge in [0.05, 0.1) is 0 Å². The molecule has 0 bridgehead atoms. The van der Waals surface area contributed by atoms with Gasteiger partial charge in [-0.25, -0.2) is 0 Å². The number of hydrogen-bond donors (Lipinski definition) is 0. The Balaban J connectivity index is 1.88. The molecule has 0 fully saturated rings. The normalized spacial score (nSPS) is 10.7. The number of hydrogen-bond acceptors (Lipinski definition) is 4. The van der Waals surface area contributed by atoms with E-state index in [1.807, 2.05) is 0 Å². The van der Waals surface area contributed by atoms with Crippen molar-refractivity contribution in [1.29, 1.82) is 0 Å². The molecule has 0 amide bonds. The Hall–Kier alpha value is -1.84. The van der Waals surface area contributed by atoms with Crippen LogP contribution in [0.5, 0.6) is 0 Å². The molecule has 1 heterocycles. The number of benzene rings is 1. The molecule has 0 radical (unpaired) electrons. The largest absolute Gasteiger partial charge is 0.203 e. The van der Waals surface area contributed by atoms with E-state index in [1.165, 1.54) is 37.7 Å². The fourth-order valence-corrected chi connectivity index (χ4v) is 2.15. The minimum atomic E-state index is 0.588. The van der Waals surface area contributed by atoms with E-state index in [0.29, 0.717) is 11.6 Å². The van der Waals surface area contributed by atoms with Gasteiger partial charge in [-0.3, -0.25) is 0 Å². The van der Waals surface area contributed by atoms with Crippen molar-refractivity contribution in [1.82, 2.24) is 20.4 Å². The fraction of sp³-hybridized carbons (Fsp3) is 0.500. The molecule has 1 aromatic heterocycles. The Morgan fingerprint density at radius 2 is 1.45 bits per heavy atom. The molecule has 2 aromatic rings. The van der Waals surface area contributed by atoms with E-state index in [0.717, 1.165) is 12.0 Å². The summed E-state index contributed by atoms with van der Waals surface area (Å²) in [7, 11) is 0. The van der Waals surface area contributed by atoms with Crippen LogP contribution in [0.25, 0.3) is 11.4 Å². The number of nitrogens with zero attached hydrogens (tertiary/aromatic N) is 4. The highest BCUT2D eigenvalue weighted by atomic mass is 15.3. The maximum Gasteiger partial charge on any atom is 0.203 e. The van der Waals surface area contributed by atoms with Gasteiger partial charge in [-0.1, -0.05) is 56.9 Å². The molecule has 0 spiro atoms. The van der Waals surface area contributed by atoms with Crippen LogP contribution in [-0.4, -0.2) is 20.4 Å². The molecule has 4 nitrogen and oxygen atoms in total. The summed E-state index contributed by atoms with van der Waals surface area (Å²) >= 11 is 0. The smallest absolute Gasteiger partial charge is 0.131 e. The van der Waals surface area contributed by atoms with Gasteiger partial charge in [-0.05, 0) is 25.3 Å². The molecular weight excluding hydrogens is 248 g/mol. The Morgan fingerprint density at radius 1 is 0.800 bits per heavy atom. The van der Waals surface area contributed by atoms with Crippen LogP contribution in [0.4, 0.5) is 0 Å². The first-order chi connectivity index (χ1) is 9.79. The number of unbranched alkanes of at least 4 members (excludes halogenated alkanes) is 4. The third-order valence-corrected chi connectivity index (χ3v) is 3.36. The van der Waals surface area contributed by atoms with Gasteiger partial charge in [0.25, 0.3) is 0 Å². The highest BCUT2D eigenvalue weighted by Gasteiger charge is 2.02. The SMILES string of the molecule is CCCCCCCc1ccc(-c2nnc(C)nn2)cc1. The number of aromatic nitrogens is 4. The second kappa shape index (κ2) is 7.68. The summed E-state index contributed by atoms with van der Waals surface area (Å²) in [5.41, 5.74) is 2.35. The summed E-state index contributed by atoms with van der Waals surface area (Å²) in [5, 5.41) is 16.0. The first-order valence-corrected chi connectivity index (χ1v) is 7.43. The van der Waals surface area contributed by atoms with Crippen molar-refractivity contribution in [2.75, 3.05) is 0 Å². The number of rotatable bonds is 7. The van der Waals surface area contributed by atoms with E-state index >= 15 is 0 Å². The third kappa shape index (κ3) is 4.37. The highest BCUT2D eigenvalue weighted by Crippen LogP contribution is 2.16. The zero-order valence-corrected chi connectivity index (χ0v) is 12.3. The first-order valence-electron chi connectivity index (χ1n) is 7.43. The van der Waals surface area contributed by atoms with Crippen LogP contribution in [0, 0.1) is 6.92 Å². The quantitative estimate of drug-likeness (QED) is 0.719. The summed E-state index contributed by atoms with van der Waals surface area (Å²) < 4.78 is 0. The van der Waals surface area contributed by atoms with Crippen LogP contribution >= 0.6 is 0 Å². The maximum atomic E-state index is 4.05. The minimum absolute atomic E-state index is 0.588. The van der Waals surface area contributed by atoms with Gasteiger partial charge in [0, 0.05) is 5.56 Å². The summed E-state index contributed by atoms with van der Waals surface area (Å²) in [4.78, 5) is 0. The van der Waals surface area contributed by atoms with E-state index in [9.17, 15) is 0 Å². The highest BCUT2D eigenvalue weighted by molar-refractivity contribution is 5.54. The van der Waals surface area contributed by atoms with Crippen LogP contribution in [0.15, 0.2) is 24.3 Å². The van der Waals surface area contributed by atoms with Gasteiger partial charge in [-0.2, -0.15) is 0 Å². The van der Waals surface area contributed by atoms with Gasteiger partial charge in [0.1, 0.15) is 0 Å². The predicted molar refractivity (Wildman–Crippen MR) is 80.3 cm³/mol. The van der Waals surface area contributed by atoms with Gasteiger partial charge < -0.3 is 0 Å². The fourth-order valence-electron chi connectivity index (χ4n) is 2.15. The Labute approximate surface area is 120 Å². The van der Waals surface area contributed by atoms with Gasteiger partial charge >= 0.3 is 0 Å². The maximum absolute atomic E-state index is 4.05. The average Bonchev–Trinajstić information content (AvgIpc) is 2.49. The van der Waals surface area contributed by atoms with E-state index in [-0.39, 0.29) is 0 Å². The number of aryl methyl sites for hydroxylation is 2. The van der Waals surface area contributed by atoms with Crippen molar-refractivity contribution in [2.45, 2.75) is 52.4 Å². The van der Waals surface area contributed by atoms with E-state index in [4.69, 9.17) is 0 Å². The van der Waals surface area contributed by atoms with Crippen LogP contribution in [0.1, 0.15) is 50.4 Å². The molecule has 0 atom stereocenters. The molecule has 2 rings (SSSR count). The monoisotopic (exact) mass is 270 g/mol. The Kier molecular flexibility index (Phi) is 5.59. The predicted octanol–water partition coefficient (Wildman–Crippen LogP) is 3.75.